The smallest absolute Gasteiger partial charge is 0.343 e. The molecule has 172 valence electrons. The van der Waals surface area contributed by atoms with Crippen molar-refractivity contribution >= 4 is 11.9 Å². The zero-order valence-electron chi connectivity index (χ0n) is 19.1. The quantitative estimate of drug-likeness (QED) is 0.282. The number of esters is 2. The summed E-state index contributed by atoms with van der Waals surface area (Å²) < 4.78 is 21.5. The lowest BCUT2D eigenvalue weighted by Crippen LogP contribution is -2.10. The highest BCUT2D eigenvalue weighted by atomic mass is 16.5. The molecule has 6 nitrogen and oxygen atoms in total. The molecule has 0 atom stereocenters. The zero-order chi connectivity index (χ0) is 23.6. The van der Waals surface area contributed by atoms with Crippen LogP contribution in [0.3, 0.4) is 0 Å². The first-order valence-electron chi connectivity index (χ1n) is 11.0. The van der Waals surface area contributed by atoms with E-state index >= 15 is 0 Å². The topological polar surface area (TPSA) is 71.1 Å². The largest absolute Gasteiger partial charge is 0.494 e. The van der Waals surface area contributed by atoms with Gasteiger partial charge in [-0.3, -0.25) is 0 Å². The molecule has 3 aromatic carbocycles. The molecule has 0 amide bonds. The van der Waals surface area contributed by atoms with Gasteiger partial charge in [0, 0.05) is 0 Å². The standard InChI is InChI=1S/C27H28O6/c1-4-16-31-22-12-10-20(11-13-22)19-6-8-21(9-7-19)26(28)33-23-14-15-25(32-17-5-2)24(18-23)27(29)30-3/h6-15,18H,4-5,16-17H2,1-3H3. The molecule has 0 radical (unpaired) electrons. The van der Waals surface area contributed by atoms with Crippen LogP contribution in [-0.4, -0.2) is 32.3 Å². The molecule has 0 aliphatic heterocycles. The van der Waals surface area contributed by atoms with E-state index in [-0.39, 0.29) is 11.3 Å². The third kappa shape index (κ3) is 6.35. The summed E-state index contributed by atoms with van der Waals surface area (Å²) in [6.07, 6.45) is 1.75. The van der Waals surface area contributed by atoms with E-state index in [1.165, 1.54) is 13.2 Å². The molecule has 0 heterocycles. The molecular formula is C27H28O6. The van der Waals surface area contributed by atoms with Gasteiger partial charge in [0.15, 0.2) is 0 Å². The molecule has 0 bridgehead atoms. The summed E-state index contributed by atoms with van der Waals surface area (Å²) in [4.78, 5) is 24.7. The summed E-state index contributed by atoms with van der Waals surface area (Å²) in [5, 5.41) is 0. The second-order valence-electron chi connectivity index (χ2n) is 7.34. The van der Waals surface area contributed by atoms with Gasteiger partial charge in [-0.1, -0.05) is 38.1 Å². The van der Waals surface area contributed by atoms with Crippen molar-refractivity contribution in [2.24, 2.45) is 0 Å². The third-order valence-corrected chi connectivity index (χ3v) is 4.81. The second kappa shape index (κ2) is 11.7. The molecule has 0 saturated carbocycles. The van der Waals surface area contributed by atoms with Crippen molar-refractivity contribution in [3.8, 4) is 28.4 Å². The molecule has 0 unspecified atom stereocenters. The molecule has 0 aliphatic rings. The van der Waals surface area contributed by atoms with Crippen LogP contribution in [0.4, 0.5) is 0 Å². The molecule has 0 spiro atoms. The minimum absolute atomic E-state index is 0.206. The normalized spacial score (nSPS) is 10.4. The predicted molar refractivity (Wildman–Crippen MR) is 126 cm³/mol. The first kappa shape index (κ1) is 23.9. The Morgan fingerprint density at radius 2 is 1.27 bits per heavy atom. The van der Waals surface area contributed by atoms with Gasteiger partial charge in [0.05, 0.1) is 25.9 Å². The highest BCUT2D eigenvalue weighted by molar-refractivity contribution is 5.94. The Balaban J connectivity index is 1.71. The molecule has 0 fully saturated rings. The average Bonchev–Trinajstić information content (AvgIpc) is 2.86. The van der Waals surface area contributed by atoms with E-state index in [4.69, 9.17) is 18.9 Å². The van der Waals surface area contributed by atoms with Gasteiger partial charge in [-0.15, -0.1) is 0 Å². The van der Waals surface area contributed by atoms with E-state index in [9.17, 15) is 9.59 Å². The Hall–Kier alpha value is -3.80. The molecule has 3 rings (SSSR count). The first-order valence-corrected chi connectivity index (χ1v) is 11.0. The van der Waals surface area contributed by atoms with Crippen LogP contribution in [0.1, 0.15) is 47.4 Å². The van der Waals surface area contributed by atoms with Crippen molar-refractivity contribution in [1.82, 2.24) is 0 Å². The van der Waals surface area contributed by atoms with E-state index in [2.05, 4.69) is 6.92 Å². The first-order chi connectivity index (χ1) is 16.0. The summed E-state index contributed by atoms with van der Waals surface area (Å²) in [6, 6.07) is 19.6. The maximum atomic E-state index is 12.6. The molecule has 0 aliphatic carbocycles. The van der Waals surface area contributed by atoms with Crippen LogP contribution in [0.25, 0.3) is 11.1 Å². The number of rotatable bonds is 10. The molecule has 0 aromatic heterocycles. The highest BCUT2D eigenvalue weighted by Crippen LogP contribution is 2.27. The van der Waals surface area contributed by atoms with Gasteiger partial charge in [-0.05, 0) is 66.4 Å². The minimum atomic E-state index is -0.561. The molecule has 6 heteroatoms. The Bertz CT molecular complexity index is 1070. The van der Waals surface area contributed by atoms with Gasteiger partial charge in [0.25, 0.3) is 0 Å². The van der Waals surface area contributed by atoms with Gasteiger partial charge in [-0.25, -0.2) is 9.59 Å². The van der Waals surface area contributed by atoms with Crippen LogP contribution >= 0.6 is 0 Å². The minimum Gasteiger partial charge on any atom is -0.494 e. The van der Waals surface area contributed by atoms with Crippen LogP contribution in [0.15, 0.2) is 66.7 Å². The van der Waals surface area contributed by atoms with Gasteiger partial charge < -0.3 is 18.9 Å². The molecule has 33 heavy (non-hydrogen) atoms. The Labute approximate surface area is 194 Å². The van der Waals surface area contributed by atoms with Crippen LogP contribution in [0.5, 0.6) is 17.2 Å². The zero-order valence-corrected chi connectivity index (χ0v) is 19.1. The van der Waals surface area contributed by atoms with Crippen molar-refractivity contribution in [2.45, 2.75) is 26.7 Å². The fourth-order valence-electron chi connectivity index (χ4n) is 3.11. The number of carbonyl (C=O) groups excluding carboxylic acids is 2. The summed E-state index contributed by atoms with van der Waals surface area (Å²) in [5.41, 5.74) is 2.59. The van der Waals surface area contributed by atoms with Crippen molar-refractivity contribution in [2.75, 3.05) is 20.3 Å². The lowest BCUT2D eigenvalue weighted by Gasteiger charge is -2.12. The van der Waals surface area contributed by atoms with Gasteiger partial charge >= 0.3 is 11.9 Å². The molecule has 0 N–H and O–H groups in total. The van der Waals surface area contributed by atoms with Crippen LogP contribution in [-0.2, 0) is 4.74 Å². The summed E-state index contributed by atoms with van der Waals surface area (Å²) in [6.45, 7) is 5.18. The van der Waals surface area contributed by atoms with Gasteiger partial charge in [0.2, 0.25) is 0 Å². The monoisotopic (exact) mass is 448 g/mol. The number of benzene rings is 3. The lowest BCUT2D eigenvalue weighted by molar-refractivity contribution is 0.0592. The van der Waals surface area contributed by atoms with Crippen molar-refractivity contribution in [3.05, 3.63) is 77.9 Å². The number of hydrogen-bond donors (Lipinski definition) is 0. The molecule has 3 aromatic rings. The number of hydrogen-bond acceptors (Lipinski definition) is 6. The summed E-state index contributed by atoms with van der Waals surface area (Å²) in [5.74, 6) is 0.366. The maximum absolute atomic E-state index is 12.6. The van der Waals surface area contributed by atoms with Gasteiger partial charge in [0.1, 0.15) is 22.8 Å². The summed E-state index contributed by atoms with van der Waals surface area (Å²) in [7, 11) is 1.29. The average molecular weight is 449 g/mol. The Kier molecular flexibility index (Phi) is 8.47. The summed E-state index contributed by atoms with van der Waals surface area (Å²) >= 11 is 0. The fourth-order valence-corrected chi connectivity index (χ4v) is 3.11. The van der Waals surface area contributed by atoms with E-state index in [0.717, 1.165) is 29.7 Å². The Morgan fingerprint density at radius 3 is 1.88 bits per heavy atom. The van der Waals surface area contributed by atoms with Crippen molar-refractivity contribution < 1.29 is 28.5 Å². The van der Waals surface area contributed by atoms with Crippen molar-refractivity contribution in [1.29, 1.82) is 0 Å². The van der Waals surface area contributed by atoms with E-state index in [1.807, 2.05) is 43.3 Å². The van der Waals surface area contributed by atoms with Crippen LogP contribution in [0, 0.1) is 0 Å². The number of carbonyl (C=O) groups is 2. The van der Waals surface area contributed by atoms with Gasteiger partial charge in [-0.2, -0.15) is 0 Å². The van der Waals surface area contributed by atoms with Crippen molar-refractivity contribution in [3.63, 3.8) is 0 Å². The Morgan fingerprint density at radius 1 is 0.697 bits per heavy atom. The number of ether oxygens (including phenoxy) is 4. The maximum Gasteiger partial charge on any atom is 0.343 e. The van der Waals surface area contributed by atoms with E-state index in [1.54, 1.807) is 24.3 Å². The number of methoxy groups -OCH3 is 1. The fraction of sp³-hybridized carbons (Fsp3) is 0.259. The molecular weight excluding hydrogens is 420 g/mol. The van der Waals surface area contributed by atoms with Crippen LogP contribution < -0.4 is 14.2 Å². The molecule has 0 saturated heterocycles. The van der Waals surface area contributed by atoms with Crippen LogP contribution in [0.2, 0.25) is 0 Å². The second-order valence-corrected chi connectivity index (χ2v) is 7.34. The predicted octanol–water partition coefficient (Wildman–Crippen LogP) is 5.94. The van der Waals surface area contributed by atoms with E-state index < -0.39 is 11.9 Å². The van der Waals surface area contributed by atoms with E-state index in [0.29, 0.717) is 24.5 Å². The highest BCUT2D eigenvalue weighted by Gasteiger charge is 2.17. The lowest BCUT2D eigenvalue weighted by atomic mass is 10.0. The third-order valence-electron chi connectivity index (χ3n) is 4.81. The SMILES string of the molecule is CCCOc1ccc(-c2ccc(C(=O)Oc3ccc(OCCC)c(C(=O)OC)c3)cc2)cc1.